The number of aromatic nitrogens is 4. The SMILES string of the molecule is Fc1ccc(Nc2cc(NC3COC3)nc(-c3cccc(C(F)(F)F)n3)n2)cn1. The second kappa shape index (κ2) is 7.59. The van der Waals surface area contributed by atoms with Gasteiger partial charge in [-0.25, -0.2) is 19.9 Å². The van der Waals surface area contributed by atoms with Gasteiger partial charge in [0.2, 0.25) is 5.95 Å². The second-order valence-electron chi connectivity index (χ2n) is 6.24. The van der Waals surface area contributed by atoms with Crippen molar-refractivity contribution in [2.75, 3.05) is 23.8 Å². The third-order valence-electron chi connectivity index (χ3n) is 3.98. The number of alkyl halides is 3. The Bertz CT molecular complexity index is 1010. The van der Waals surface area contributed by atoms with Crippen molar-refractivity contribution in [3.63, 3.8) is 0 Å². The molecule has 0 amide bonds. The van der Waals surface area contributed by atoms with Crippen molar-refractivity contribution in [3.8, 4) is 11.5 Å². The highest BCUT2D eigenvalue weighted by Crippen LogP contribution is 2.29. The molecule has 0 unspecified atom stereocenters. The summed E-state index contributed by atoms with van der Waals surface area (Å²) in [6.07, 6.45) is -3.32. The van der Waals surface area contributed by atoms with Gasteiger partial charge in [0, 0.05) is 6.07 Å². The van der Waals surface area contributed by atoms with Crippen molar-refractivity contribution in [3.05, 3.63) is 54.2 Å². The Morgan fingerprint density at radius 1 is 1.00 bits per heavy atom. The first-order valence-corrected chi connectivity index (χ1v) is 8.53. The van der Waals surface area contributed by atoms with Crippen molar-refractivity contribution >= 4 is 17.3 Å². The molecule has 2 N–H and O–H groups in total. The number of hydrogen-bond donors (Lipinski definition) is 2. The lowest BCUT2D eigenvalue weighted by Gasteiger charge is -2.27. The molecule has 3 aromatic rings. The minimum atomic E-state index is -4.59. The number of nitrogens with zero attached hydrogens (tertiary/aromatic N) is 4. The van der Waals surface area contributed by atoms with E-state index in [0.29, 0.717) is 24.7 Å². The zero-order valence-corrected chi connectivity index (χ0v) is 14.7. The molecule has 0 atom stereocenters. The Morgan fingerprint density at radius 2 is 1.79 bits per heavy atom. The summed E-state index contributed by atoms with van der Waals surface area (Å²) in [6, 6.07) is 7.76. The normalized spacial score (nSPS) is 14.3. The molecule has 0 aromatic carbocycles. The van der Waals surface area contributed by atoms with Crippen LogP contribution in [0.25, 0.3) is 11.5 Å². The van der Waals surface area contributed by atoms with Crippen LogP contribution >= 0.6 is 0 Å². The quantitative estimate of drug-likeness (QED) is 0.494. The van der Waals surface area contributed by atoms with Crippen LogP contribution < -0.4 is 10.6 Å². The molecule has 4 rings (SSSR count). The molecule has 0 spiro atoms. The number of hydrogen-bond acceptors (Lipinski definition) is 7. The fourth-order valence-electron chi connectivity index (χ4n) is 2.54. The van der Waals surface area contributed by atoms with E-state index in [2.05, 4.69) is 30.6 Å². The van der Waals surface area contributed by atoms with Gasteiger partial charge in [0.1, 0.15) is 23.0 Å². The third-order valence-corrected chi connectivity index (χ3v) is 3.98. The maximum Gasteiger partial charge on any atom is 0.433 e. The van der Waals surface area contributed by atoms with E-state index < -0.39 is 17.8 Å². The molecule has 1 aliphatic rings. The maximum absolute atomic E-state index is 13.0. The average molecular weight is 406 g/mol. The van der Waals surface area contributed by atoms with Gasteiger partial charge >= 0.3 is 6.18 Å². The highest BCUT2D eigenvalue weighted by atomic mass is 19.4. The zero-order valence-electron chi connectivity index (χ0n) is 14.7. The molecule has 4 heterocycles. The Kier molecular flexibility index (Phi) is 4.97. The first kappa shape index (κ1) is 19.0. The van der Waals surface area contributed by atoms with E-state index >= 15 is 0 Å². The lowest BCUT2D eigenvalue weighted by molar-refractivity contribution is -0.141. The Labute approximate surface area is 162 Å². The van der Waals surface area contributed by atoms with Crippen molar-refractivity contribution in [1.29, 1.82) is 0 Å². The smallest absolute Gasteiger partial charge is 0.377 e. The fourth-order valence-corrected chi connectivity index (χ4v) is 2.54. The van der Waals surface area contributed by atoms with Gasteiger partial charge < -0.3 is 15.4 Å². The number of anilines is 3. The van der Waals surface area contributed by atoms with Crippen molar-refractivity contribution < 1.29 is 22.3 Å². The van der Waals surface area contributed by atoms with E-state index in [4.69, 9.17) is 4.74 Å². The Balaban J connectivity index is 1.70. The number of pyridine rings is 2. The highest BCUT2D eigenvalue weighted by molar-refractivity contribution is 5.63. The zero-order chi connectivity index (χ0) is 20.4. The monoisotopic (exact) mass is 406 g/mol. The molecular weight excluding hydrogens is 392 g/mol. The van der Waals surface area contributed by atoms with Crippen LogP contribution in [0.15, 0.2) is 42.6 Å². The summed E-state index contributed by atoms with van der Waals surface area (Å²) in [5.41, 5.74) is -0.624. The van der Waals surface area contributed by atoms with Crippen LogP contribution in [0, 0.1) is 5.95 Å². The summed E-state index contributed by atoms with van der Waals surface area (Å²) in [7, 11) is 0. The molecule has 1 aliphatic heterocycles. The summed E-state index contributed by atoms with van der Waals surface area (Å²) in [6.45, 7) is 0.984. The summed E-state index contributed by atoms with van der Waals surface area (Å²) >= 11 is 0. The van der Waals surface area contributed by atoms with Gasteiger partial charge in [-0.2, -0.15) is 17.6 Å². The predicted molar refractivity (Wildman–Crippen MR) is 96.0 cm³/mol. The molecular formula is C18H14F4N6O. The van der Waals surface area contributed by atoms with Crippen LogP contribution in [-0.2, 0) is 10.9 Å². The van der Waals surface area contributed by atoms with Crippen LogP contribution in [0.3, 0.4) is 0 Å². The van der Waals surface area contributed by atoms with Gasteiger partial charge in [-0.1, -0.05) is 6.07 Å². The number of rotatable bonds is 5. The van der Waals surface area contributed by atoms with Crippen LogP contribution in [0.4, 0.5) is 34.9 Å². The van der Waals surface area contributed by atoms with Crippen molar-refractivity contribution in [1.82, 2.24) is 19.9 Å². The lowest BCUT2D eigenvalue weighted by atomic mass is 10.2. The van der Waals surface area contributed by atoms with E-state index in [1.165, 1.54) is 30.5 Å². The maximum atomic E-state index is 13.0. The first-order chi connectivity index (χ1) is 13.9. The number of halogens is 4. The minimum Gasteiger partial charge on any atom is -0.377 e. The fraction of sp³-hybridized carbons (Fsp3) is 0.222. The van der Waals surface area contributed by atoms with Gasteiger partial charge in [-0.15, -0.1) is 0 Å². The van der Waals surface area contributed by atoms with Gasteiger partial charge in [-0.3, -0.25) is 0 Å². The lowest BCUT2D eigenvalue weighted by Crippen LogP contribution is -2.40. The standard InChI is InChI=1S/C18H14F4N6O/c19-14-5-4-10(7-23-14)24-15-6-16(25-11-8-29-9-11)28-17(27-15)12-2-1-3-13(26-12)18(20,21)22/h1-7,11H,8-9H2,(H2,24,25,27,28). The summed E-state index contributed by atoms with van der Waals surface area (Å²) in [5, 5.41) is 6.06. The van der Waals surface area contributed by atoms with Crippen LogP contribution in [0.2, 0.25) is 0 Å². The predicted octanol–water partition coefficient (Wildman–Crippen LogP) is 3.65. The largest absolute Gasteiger partial charge is 0.433 e. The summed E-state index contributed by atoms with van der Waals surface area (Å²) < 4.78 is 57.1. The summed E-state index contributed by atoms with van der Waals surface area (Å²) in [4.78, 5) is 15.7. The van der Waals surface area contributed by atoms with Crippen LogP contribution in [0.5, 0.6) is 0 Å². The number of nitrogens with one attached hydrogen (secondary N) is 2. The molecule has 0 saturated carbocycles. The number of ether oxygens (including phenoxy) is 1. The van der Waals surface area contributed by atoms with Gasteiger partial charge in [-0.05, 0) is 24.3 Å². The average Bonchev–Trinajstić information content (AvgIpc) is 2.66. The molecule has 1 fully saturated rings. The van der Waals surface area contributed by atoms with Gasteiger partial charge in [0.15, 0.2) is 5.82 Å². The molecule has 11 heteroatoms. The topological polar surface area (TPSA) is 84.9 Å². The molecule has 7 nitrogen and oxygen atoms in total. The molecule has 0 radical (unpaired) electrons. The molecule has 0 aliphatic carbocycles. The highest BCUT2D eigenvalue weighted by Gasteiger charge is 2.32. The summed E-state index contributed by atoms with van der Waals surface area (Å²) in [5.74, 6) is 0.0313. The second-order valence-corrected chi connectivity index (χ2v) is 6.24. The Hall–Kier alpha value is -3.34. The van der Waals surface area contributed by atoms with Gasteiger partial charge in [0.25, 0.3) is 0 Å². The van der Waals surface area contributed by atoms with E-state index in [1.54, 1.807) is 6.07 Å². The molecule has 1 saturated heterocycles. The van der Waals surface area contributed by atoms with E-state index in [0.717, 1.165) is 6.07 Å². The van der Waals surface area contributed by atoms with E-state index in [9.17, 15) is 17.6 Å². The van der Waals surface area contributed by atoms with Crippen molar-refractivity contribution in [2.24, 2.45) is 0 Å². The first-order valence-electron chi connectivity index (χ1n) is 8.53. The molecule has 29 heavy (non-hydrogen) atoms. The van der Waals surface area contributed by atoms with Gasteiger partial charge in [0.05, 0.1) is 31.1 Å². The van der Waals surface area contributed by atoms with Crippen molar-refractivity contribution in [2.45, 2.75) is 12.2 Å². The minimum absolute atomic E-state index is 0.00101. The van der Waals surface area contributed by atoms with Crippen LogP contribution in [-0.4, -0.2) is 39.2 Å². The van der Waals surface area contributed by atoms with E-state index in [-0.39, 0.29) is 23.4 Å². The van der Waals surface area contributed by atoms with E-state index in [1.807, 2.05) is 0 Å². The Morgan fingerprint density at radius 3 is 2.45 bits per heavy atom. The molecule has 0 bridgehead atoms. The van der Waals surface area contributed by atoms with Crippen LogP contribution in [0.1, 0.15) is 5.69 Å². The molecule has 150 valence electrons. The third kappa shape index (κ3) is 4.57. The molecule has 3 aromatic heterocycles.